The molecule has 0 radical (unpaired) electrons. The first-order valence-electron chi connectivity index (χ1n) is 6.95. The van der Waals surface area contributed by atoms with Crippen LogP contribution in [0.2, 0.25) is 0 Å². The Hall–Kier alpha value is -1.91. The molecule has 5 heteroatoms. The van der Waals surface area contributed by atoms with Crippen molar-refractivity contribution in [3.05, 3.63) is 23.7 Å². The molecule has 0 saturated carbocycles. The molecule has 108 valence electrons. The molecule has 2 rings (SSSR count). The van der Waals surface area contributed by atoms with Crippen molar-refractivity contribution >= 4 is 5.82 Å². The number of aromatic nitrogens is 4. The van der Waals surface area contributed by atoms with Gasteiger partial charge in [0.1, 0.15) is 5.82 Å². The zero-order valence-electron chi connectivity index (χ0n) is 13.2. The van der Waals surface area contributed by atoms with Gasteiger partial charge in [0, 0.05) is 31.3 Å². The van der Waals surface area contributed by atoms with Crippen molar-refractivity contribution in [1.29, 1.82) is 0 Å². The first kappa shape index (κ1) is 14.5. The summed E-state index contributed by atoms with van der Waals surface area (Å²) in [6.45, 7) is 11.4. The highest BCUT2D eigenvalue weighted by molar-refractivity contribution is 5.59. The second-order valence-electron chi connectivity index (χ2n) is 6.04. The molecule has 0 aromatic carbocycles. The van der Waals surface area contributed by atoms with Gasteiger partial charge in [0.25, 0.3) is 0 Å². The van der Waals surface area contributed by atoms with Gasteiger partial charge in [0.05, 0.1) is 17.0 Å². The normalized spacial score (nSPS) is 11.7. The van der Waals surface area contributed by atoms with E-state index in [9.17, 15) is 0 Å². The Morgan fingerprint density at radius 1 is 1.25 bits per heavy atom. The Morgan fingerprint density at radius 3 is 2.45 bits per heavy atom. The molecular formula is C15H23N5. The maximum Gasteiger partial charge on any atom is 0.165 e. The third-order valence-corrected chi connectivity index (χ3v) is 3.11. The summed E-state index contributed by atoms with van der Waals surface area (Å²) < 4.78 is 1.80. The summed E-state index contributed by atoms with van der Waals surface area (Å²) in [6.07, 6.45) is 1.97. The van der Waals surface area contributed by atoms with Gasteiger partial charge >= 0.3 is 0 Å². The number of hydrogen-bond acceptors (Lipinski definition) is 4. The predicted octanol–water partition coefficient (Wildman–Crippen LogP) is 2.91. The molecule has 0 unspecified atom stereocenters. The monoisotopic (exact) mass is 273 g/mol. The van der Waals surface area contributed by atoms with E-state index in [1.54, 1.807) is 4.68 Å². The SMILES string of the molecule is CCNc1cc(C(C)(C)C)nc(-c2cn(C)nc2C)n1. The Bertz CT molecular complexity index is 607. The second kappa shape index (κ2) is 5.23. The molecular weight excluding hydrogens is 250 g/mol. The van der Waals surface area contributed by atoms with Gasteiger partial charge < -0.3 is 5.32 Å². The van der Waals surface area contributed by atoms with Gasteiger partial charge in [-0.3, -0.25) is 4.68 Å². The molecule has 0 atom stereocenters. The molecule has 2 heterocycles. The number of hydrogen-bond donors (Lipinski definition) is 1. The van der Waals surface area contributed by atoms with Gasteiger partial charge in [0.15, 0.2) is 5.82 Å². The van der Waals surface area contributed by atoms with Crippen molar-refractivity contribution in [2.24, 2.45) is 7.05 Å². The minimum Gasteiger partial charge on any atom is -0.370 e. The van der Waals surface area contributed by atoms with Crippen LogP contribution in [-0.4, -0.2) is 26.3 Å². The summed E-state index contributed by atoms with van der Waals surface area (Å²) in [6, 6.07) is 2.03. The molecule has 0 saturated heterocycles. The van der Waals surface area contributed by atoms with Gasteiger partial charge in [-0.15, -0.1) is 0 Å². The van der Waals surface area contributed by atoms with Gasteiger partial charge in [-0.05, 0) is 13.8 Å². The molecule has 2 aromatic heterocycles. The van der Waals surface area contributed by atoms with E-state index in [2.05, 4.69) is 43.1 Å². The highest BCUT2D eigenvalue weighted by atomic mass is 15.3. The highest BCUT2D eigenvalue weighted by Crippen LogP contribution is 2.26. The molecule has 0 spiro atoms. The van der Waals surface area contributed by atoms with E-state index in [0.29, 0.717) is 0 Å². The van der Waals surface area contributed by atoms with Gasteiger partial charge in [-0.1, -0.05) is 20.8 Å². The summed E-state index contributed by atoms with van der Waals surface area (Å²) in [5.41, 5.74) is 2.94. The van der Waals surface area contributed by atoms with E-state index in [1.165, 1.54) is 0 Å². The first-order valence-corrected chi connectivity index (χ1v) is 6.95. The lowest BCUT2D eigenvalue weighted by molar-refractivity contribution is 0.568. The smallest absolute Gasteiger partial charge is 0.165 e. The maximum atomic E-state index is 4.73. The molecule has 0 amide bonds. The number of anilines is 1. The summed E-state index contributed by atoms with van der Waals surface area (Å²) >= 11 is 0. The quantitative estimate of drug-likeness (QED) is 0.934. The van der Waals surface area contributed by atoms with Crippen LogP contribution in [0.1, 0.15) is 39.1 Å². The van der Waals surface area contributed by atoms with Crippen LogP contribution in [0.5, 0.6) is 0 Å². The third-order valence-electron chi connectivity index (χ3n) is 3.11. The van der Waals surface area contributed by atoms with Crippen molar-refractivity contribution in [3.63, 3.8) is 0 Å². The zero-order chi connectivity index (χ0) is 14.9. The Labute approximate surface area is 120 Å². The predicted molar refractivity (Wildman–Crippen MR) is 81.8 cm³/mol. The van der Waals surface area contributed by atoms with Crippen LogP contribution in [0.15, 0.2) is 12.3 Å². The lowest BCUT2D eigenvalue weighted by Crippen LogP contribution is -2.16. The standard InChI is InChI=1S/C15H23N5/c1-7-16-13-8-12(15(3,4)5)17-14(18-13)11-9-20(6)19-10(11)2/h8-9H,7H2,1-6H3,(H,16,17,18). The highest BCUT2D eigenvalue weighted by Gasteiger charge is 2.19. The largest absolute Gasteiger partial charge is 0.370 e. The van der Waals surface area contributed by atoms with E-state index in [1.807, 2.05) is 26.2 Å². The van der Waals surface area contributed by atoms with Crippen LogP contribution < -0.4 is 5.32 Å². The summed E-state index contributed by atoms with van der Waals surface area (Å²) in [5, 5.41) is 7.65. The fraction of sp³-hybridized carbons (Fsp3) is 0.533. The fourth-order valence-corrected chi connectivity index (χ4v) is 2.04. The van der Waals surface area contributed by atoms with Crippen LogP contribution in [-0.2, 0) is 12.5 Å². The minimum absolute atomic E-state index is 0.0159. The summed E-state index contributed by atoms with van der Waals surface area (Å²) in [4.78, 5) is 9.33. The number of aryl methyl sites for hydroxylation is 2. The van der Waals surface area contributed by atoms with E-state index >= 15 is 0 Å². The van der Waals surface area contributed by atoms with Crippen LogP contribution in [0.4, 0.5) is 5.82 Å². The third kappa shape index (κ3) is 2.98. The number of nitrogens with one attached hydrogen (secondary N) is 1. The molecule has 0 aliphatic heterocycles. The second-order valence-corrected chi connectivity index (χ2v) is 6.04. The van der Waals surface area contributed by atoms with Crippen LogP contribution in [0.25, 0.3) is 11.4 Å². The van der Waals surface area contributed by atoms with Crippen LogP contribution in [0, 0.1) is 6.92 Å². The fourth-order valence-electron chi connectivity index (χ4n) is 2.04. The lowest BCUT2D eigenvalue weighted by atomic mass is 9.92. The summed E-state index contributed by atoms with van der Waals surface area (Å²) in [7, 11) is 1.91. The van der Waals surface area contributed by atoms with Crippen molar-refractivity contribution < 1.29 is 0 Å². The number of rotatable bonds is 3. The van der Waals surface area contributed by atoms with Gasteiger partial charge in [-0.2, -0.15) is 5.10 Å². The molecule has 0 fully saturated rings. The molecule has 1 N–H and O–H groups in total. The molecule has 0 bridgehead atoms. The van der Waals surface area contributed by atoms with Crippen molar-refractivity contribution in [1.82, 2.24) is 19.7 Å². The first-order chi connectivity index (χ1) is 9.31. The van der Waals surface area contributed by atoms with Gasteiger partial charge in [-0.25, -0.2) is 9.97 Å². The Kier molecular flexibility index (Phi) is 3.79. The molecule has 2 aromatic rings. The Morgan fingerprint density at radius 2 is 1.95 bits per heavy atom. The van der Waals surface area contributed by atoms with E-state index in [4.69, 9.17) is 4.98 Å². The number of nitrogens with zero attached hydrogens (tertiary/aromatic N) is 4. The van der Waals surface area contributed by atoms with E-state index < -0.39 is 0 Å². The van der Waals surface area contributed by atoms with Crippen LogP contribution >= 0.6 is 0 Å². The summed E-state index contributed by atoms with van der Waals surface area (Å²) in [5.74, 6) is 1.60. The minimum atomic E-state index is -0.0159. The van der Waals surface area contributed by atoms with Crippen molar-refractivity contribution in [2.45, 2.75) is 40.0 Å². The van der Waals surface area contributed by atoms with E-state index in [-0.39, 0.29) is 5.41 Å². The maximum absolute atomic E-state index is 4.73. The molecule has 0 aliphatic carbocycles. The van der Waals surface area contributed by atoms with Crippen LogP contribution in [0.3, 0.4) is 0 Å². The Balaban J connectivity index is 2.57. The zero-order valence-corrected chi connectivity index (χ0v) is 13.2. The lowest BCUT2D eigenvalue weighted by Gasteiger charge is -2.19. The molecule has 0 aliphatic rings. The average Bonchev–Trinajstić information content (AvgIpc) is 2.67. The molecule has 5 nitrogen and oxygen atoms in total. The topological polar surface area (TPSA) is 55.6 Å². The van der Waals surface area contributed by atoms with Crippen molar-refractivity contribution in [3.8, 4) is 11.4 Å². The molecule has 20 heavy (non-hydrogen) atoms. The average molecular weight is 273 g/mol. The van der Waals surface area contributed by atoms with Gasteiger partial charge in [0.2, 0.25) is 0 Å². The van der Waals surface area contributed by atoms with E-state index in [0.717, 1.165) is 35.1 Å². The van der Waals surface area contributed by atoms with Crippen molar-refractivity contribution in [2.75, 3.05) is 11.9 Å².